The molecular formula is C6H13NOS. The van der Waals surface area contributed by atoms with Crippen LogP contribution in [0.3, 0.4) is 0 Å². The Kier molecular flexibility index (Phi) is 2.03. The number of aliphatic hydroxyl groups is 1. The molecule has 0 aromatic carbocycles. The average molecular weight is 147 g/mol. The van der Waals surface area contributed by atoms with Crippen molar-refractivity contribution in [3.8, 4) is 0 Å². The molecule has 1 aliphatic carbocycles. The second-order valence-electron chi connectivity index (χ2n) is 2.75. The molecule has 0 amide bonds. The van der Waals surface area contributed by atoms with Crippen LogP contribution in [0.25, 0.3) is 0 Å². The van der Waals surface area contributed by atoms with E-state index in [0.29, 0.717) is 6.42 Å². The van der Waals surface area contributed by atoms with Gasteiger partial charge in [-0.2, -0.15) is 12.6 Å². The first-order valence-electron chi connectivity index (χ1n) is 3.32. The number of hydrogen-bond acceptors (Lipinski definition) is 3. The summed E-state index contributed by atoms with van der Waals surface area (Å²) in [5, 5.41) is 9.32. The zero-order valence-corrected chi connectivity index (χ0v) is 6.27. The smallest absolute Gasteiger partial charge is 0.125 e. The minimum Gasteiger partial charge on any atom is -0.375 e. The Morgan fingerprint density at radius 2 is 2.22 bits per heavy atom. The molecule has 0 aliphatic heterocycles. The Labute approximate surface area is 60.8 Å². The summed E-state index contributed by atoms with van der Waals surface area (Å²) < 4.78 is 0. The van der Waals surface area contributed by atoms with E-state index in [-0.39, 0.29) is 5.25 Å². The van der Waals surface area contributed by atoms with E-state index < -0.39 is 5.72 Å². The van der Waals surface area contributed by atoms with E-state index in [4.69, 9.17) is 5.73 Å². The van der Waals surface area contributed by atoms with Crippen molar-refractivity contribution in [2.75, 3.05) is 0 Å². The van der Waals surface area contributed by atoms with Crippen LogP contribution in [0.2, 0.25) is 0 Å². The Morgan fingerprint density at radius 1 is 1.56 bits per heavy atom. The molecule has 1 aliphatic rings. The van der Waals surface area contributed by atoms with E-state index in [2.05, 4.69) is 12.6 Å². The van der Waals surface area contributed by atoms with Gasteiger partial charge in [0.05, 0.1) is 0 Å². The maximum Gasteiger partial charge on any atom is 0.125 e. The summed E-state index contributed by atoms with van der Waals surface area (Å²) in [6.07, 6.45) is 3.81. The lowest BCUT2D eigenvalue weighted by atomic mass is 9.92. The molecule has 0 saturated heterocycles. The fourth-order valence-electron chi connectivity index (χ4n) is 1.16. The highest BCUT2D eigenvalue weighted by molar-refractivity contribution is 7.81. The monoisotopic (exact) mass is 147 g/mol. The Hall–Kier alpha value is 0.270. The summed E-state index contributed by atoms with van der Waals surface area (Å²) in [5.74, 6) is 0. The van der Waals surface area contributed by atoms with Crippen LogP contribution in [-0.4, -0.2) is 16.1 Å². The molecule has 0 bridgehead atoms. The summed E-state index contributed by atoms with van der Waals surface area (Å²) in [4.78, 5) is 0. The number of hydrogen-bond donors (Lipinski definition) is 3. The zero-order chi connectivity index (χ0) is 6.91. The van der Waals surface area contributed by atoms with Gasteiger partial charge < -0.3 is 10.8 Å². The summed E-state index contributed by atoms with van der Waals surface area (Å²) in [7, 11) is 0. The molecule has 1 fully saturated rings. The fraction of sp³-hybridized carbons (Fsp3) is 1.00. The molecule has 0 radical (unpaired) electrons. The Bertz CT molecular complexity index is 105. The van der Waals surface area contributed by atoms with Gasteiger partial charge in [-0.25, -0.2) is 0 Å². The van der Waals surface area contributed by atoms with Crippen LogP contribution in [0.1, 0.15) is 25.7 Å². The van der Waals surface area contributed by atoms with Crippen molar-refractivity contribution < 1.29 is 5.11 Å². The van der Waals surface area contributed by atoms with Gasteiger partial charge in [-0.1, -0.05) is 6.42 Å². The van der Waals surface area contributed by atoms with Crippen molar-refractivity contribution in [3.05, 3.63) is 0 Å². The first-order chi connectivity index (χ1) is 4.13. The molecule has 9 heavy (non-hydrogen) atoms. The number of rotatable bonds is 0. The maximum atomic E-state index is 9.34. The van der Waals surface area contributed by atoms with E-state index in [1.54, 1.807) is 0 Å². The average Bonchev–Trinajstić information content (AvgIpc) is 1.77. The van der Waals surface area contributed by atoms with Gasteiger partial charge in [-0.15, -0.1) is 0 Å². The normalized spacial score (nSPS) is 45.0. The molecule has 0 spiro atoms. The van der Waals surface area contributed by atoms with Crippen molar-refractivity contribution in [1.82, 2.24) is 0 Å². The molecular weight excluding hydrogens is 134 g/mol. The molecule has 0 aromatic heterocycles. The highest BCUT2D eigenvalue weighted by atomic mass is 32.1. The molecule has 2 nitrogen and oxygen atoms in total. The lowest BCUT2D eigenvalue weighted by molar-refractivity contribution is 0.0175. The van der Waals surface area contributed by atoms with Crippen molar-refractivity contribution in [1.29, 1.82) is 0 Å². The van der Waals surface area contributed by atoms with Gasteiger partial charge in [0.1, 0.15) is 5.72 Å². The van der Waals surface area contributed by atoms with E-state index in [0.717, 1.165) is 19.3 Å². The summed E-state index contributed by atoms with van der Waals surface area (Å²) in [6.45, 7) is 0. The molecule has 1 saturated carbocycles. The van der Waals surface area contributed by atoms with Gasteiger partial charge in [0.2, 0.25) is 0 Å². The predicted molar refractivity (Wildman–Crippen MR) is 40.4 cm³/mol. The lowest BCUT2D eigenvalue weighted by Gasteiger charge is -2.33. The third-order valence-corrected chi connectivity index (χ3v) is 2.59. The summed E-state index contributed by atoms with van der Waals surface area (Å²) in [6, 6.07) is 0. The fourth-order valence-corrected chi connectivity index (χ4v) is 1.47. The second-order valence-corrected chi connectivity index (χ2v) is 3.38. The number of nitrogens with two attached hydrogens (primary N) is 1. The molecule has 0 heterocycles. The molecule has 54 valence electrons. The molecule has 3 heteroatoms. The Morgan fingerprint density at radius 3 is 2.56 bits per heavy atom. The van der Waals surface area contributed by atoms with Crippen LogP contribution in [0.15, 0.2) is 0 Å². The van der Waals surface area contributed by atoms with Gasteiger partial charge in [0.15, 0.2) is 0 Å². The van der Waals surface area contributed by atoms with Gasteiger partial charge in [-0.3, -0.25) is 0 Å². The summed E-state index contributed by atoms with van der Waals surface area (Å²) in [5.41, 5.74) is 4.50. The zero-order valence-electron chi connectivity index (χ0n) is 5.38. The van der Waals surface area contributed by atoms with Gasteiger partial charge in [-0.05, 0) is 19.3 Å². The lowest BCUT2D eigenvalue weighted by Crippen LogP contribution is -2.50. The quantitative estimate of drug-likeness (QED) is 0.345. The third-order valence-electron chi connectivity index (χ3n) is 1.88. The maximum absolute atomic E-state index is 9.34. The first kappa shape index (κ1) is 7.38. The van der Waals surface area contributed by atoms with Crippen LogP contribution in [-0.2, 0) is 0 Å². The van der Waals surface area contributed by atoms with E-state index in [1.807, 2.05) is 0 Å². The predicted octanol–water partition coefficient (Wildman–Crippen LogP) is 0.506. The van der Waals surface area contributed by atoms with Gasteiger partial charge >= 0.3 is 0 Å². The van der Waals surface area contributed by atoms with Gasteiger partial charge in [0, 0.05) is 5.25 Å². The number of thiol groups is 1. The minimum absolute atomic E-state index is 0.0220. The highest BCUT2D eigenvalue weighted by Crippen LogP contribution is 2.27. The molecule has 2 unspecified atom stereocenters. The second kappa shape index (κ2) is 2.48. The molecule has 1 rings (SSSR count). The van der Waals surface area contributed by atoms with Crippen LogP contribution in [0, 0.1) is 0 Å². The Balaban J connectivity index is 2.49. The van der Waals surface area contributed by atoms with Crippen LogP contribution >= 0.6 is 12.6 Å². The van der Waals surface area contributed by atoms with Crippen LogP contribution in [0.5, 0.6) is 0 Å². The van der Waals surface area contributed by atoms with Crippen LogP contribution < -0.4 is 5.73 Å². The van der Waals surface area contributed by atoms with Crippen LogP contribution in [0.4, 0.5) is 0 Å². The SMILES string of the molecule is NC1(O)CCCCC1S. The van der Waals surface area contributed by atoms with Crippen molar-refractivity contribution in [2.24, 2.45) is 5.73 Å². The third kappa shape index (κ3) is 1.60. The van der Waals surface area contributed by atoms with Crippen molar-refractivity contribution >= 4 is 12.6 Å². The highest BCUT2D eigenvalue weighted by Gasteiger charge is 2.32. The topological polar surface area (TPSA) is 46.2 Å². The van der Waals surface area contributed by atoms with Gasteiger partial charge in [0.25, 0.3) is 0 Å². The minimum atomic E-state index is -0.999. The van der Waals surface area contributed by atoms with E-state index in [9.17, 15) is 5.11 Å². The van der Waals surface area contributed by atoms with Crippen molar-refractivity contribution in [3.63, 3.8) is 0 Å². The largest absolute Gasteiger partial charge is 0.375 e. The standard InChI is InChI=1S/C6H13NOS/c7-6(8)4-2-1-3-5(6)9/h5,8-9H,1-4,7H2. The molecule has 3 N–H and O–H groups in total. The van der Waals surface area contributed by atoms with Crippen molar-refractivity contribution in [2.45, 2.75) is 36.7 Å². The van der Waals surface area contributed by atoms with E-state index in [1.165, 1.54) is 0 Å². The van der Waals surface area contributed by atoms with E-state index >= 15 is 0 Å². The molecule has 0 aromatic rings. The summed E-state index contributed by atoms with van der Waals surface area (Å²) >= 11 is 4.17. The first-order valence-corrected chi connectivity index (χ1v) is 3.84. The molecule has 2 atom stereocenters.